The van der Waals surface area contributed by atoms with Crippen LogP contribution in [-0.4, -0.2) is 26.7 Å². The van der Waals surface area contributed by atoms with Gasteiger partial charge in [0, 0.05) is 15.5 Å². The quantitative estimate of drug-likeness (QED) is 0.851. The Hall–Kier alpha value is -0.300. The number of rotatable bonds is 2. The van der Waals surface area contributed by atoms with Crippen LogP contribution in [0.15, 0.2) is 12.3 Å². The third-order valence-electron chi connectivity index (χ3n) is 3.00. The Morgan fingerprint density at radius 3 is 3.31 bits per heavy atom. The minimum atomic E-state index is 0.810. The third-order valence-corrected chi connectivity index (χ3v) is 5.13. The second-order valence-corrected chi connectivity index (χ2v) is 6.44. The van der Waals surface area contributed by atoms with Gasteiger partial charge < -0.3 is 0 Å². The smallest absolute Gasteiger partial charge is 0.182 e. The average molecular weight is 345 g/mol. The van der Waals surface area contributed by atoms with Crippen molar-refractivity contribution in [3.63, 3.8) is 0 Å². The van der Waals surface area contributed by atoms with Crippen LogP contribution in [-0.2, 0) is 6.42 Å². The zero-order chi connectivity index (χ0) is 11.0. The summed E-state index contributed by atoms with van der Waals surface area (Å²) in [5.41, 5.74) is 2.12. The van der Waals surface area contributed by atoms with Crippen molar-refractivity contribution in [2.45, 2.75) is 12.8 Å². The van der Waals surface area contributed by atoms with Crippen molar-refractivity contribution in [3.05, 3.63) is 21.5 Å². The standard InChI is InChI=1S/C11H12IN3S/c12-8-1-3-13-11-10(8)9(14-15-11)5-7-2-4-16-6-7/h1,3,7H,2,4-6H2,(H,13,14,15). The van der Waals surface area contributed by atoms with Gasteiger partial charge in [0.2, 0.25) is 0 Å². The van der Waals surface area contributed by atoms with Gasteiger partial charge in [0.05, 0.1) is 5.39 Å². The summed E-state index contributed by atoms with van der Waals surface area (Å²) in [5, 5.41) is 8.65. The fraction of sp³-hybridized carbons (Fsp3) is 0.455. The van der Waals surface area contributed by atoms with Gasteiger partial charge in [-0.15, -0.1) is 0 Å². The number of aromatic amines is 1. The summed E-state index contributed by atoms with van der Waals surface area (Å²) in [6.45, 7) is 0. The summed E-state index contributed by atoms with van der Waals surface area (Å²) >= 11 is 4.42. The van der Waals surface area contributed by atoms with Crippen molar-refractivity contribution in [1.29, 1.82) is 0 Å². The molecule has 5 heteroatoms. The van der Waals surface area contributed by atoms with Gasteiger partial charge in [0.15, 0.2) is 5.65 Å². The zero-order valence-corrected chi connectivity index (χ0v) is 11.7. The molecule has 3 rings (SSSR count). The normalized spacial score (nSPS) is 20.7. The number of aromatic nitrogens is 3. The summed E-state index contributed by atoms with van der Waals surface area (Å²) in [7, 11) is 0. The Morgan fingerprint density at radius 2 is 2.50 bits per heavy atom. The van der Waals surface area contributed by atoms with E-state index in [1.165, 1.54) is 32.6 Å². The molecule has 16 heavy (non-hydrogen) atoms. The molecule has 1 atom stereocenters. The topological polar surface area (TPSA) is 41.6 Å². The third kappa shape index (κ3) is 1.95. The molecular weight excluding hydrogens is 333 g/mol. The highest BCUT2D eigenvalue weighted by molar-refractivity contribution is 14.1. The molecule has 0 aromatic carbocycles. The Bertz CT molecular complexity index is 505. The molecule has 1 aliphatic heterocycles. The fourth-order valence-corrected chi connectivity index (χ4v) is 4.16. The molecule has 0 aliphatic carbocycles. The Morgan fingerprint density at radius 1 is 1.56 bits per heavy atom. The molecule has 1 aliphatic rings. The fourth-order valence-electron chi connectivity index (χ4n) is 2.15. The van der Waals surface area contributed by atoms with Crippen molar-refractivity contribution in [2.75, 3.05) is 11.5 Å². The van der Waals surface area contributed by atoms with Gasteiger partial charge in [-0.25, -0.2) is 4.98 Å². The summed E-state index contributed by atoms with van der Waals surface area (Å²) < 4.78 is 1.25. The Kier molecular flexibility index (Phi) is 3.06. The monoisotopic (exact) mass is 345 g/mol. The molecule has 0 radical (unpaired) electrons. The number of thioether (sulfide) groups is 1. The predicted octanol–water partition coefficient (Wildman–Crippen LogP) is 2.86. The molecule has 84 valence electrons. The zero-order valence-electron chi connectivity index (χ0n) is 8.74. The van der Waals surface area contributed by atoms with E-state index in [-0.39, 0.29) is 0 Å². The number of nitrogens with one attached hydrogen (secondary N) is 1. The molecule has 2 aromatic heterocycles. The first-order valence-electron chi connectivity index (χ1n) is 5.40. The lowest BCUT2D eigenvalue weighted by molar-refractivity contribution is 0.588. The van der Waals surface area contributed by atoms with Crippen LogP contribution >= 0.6 is 34.4 Å². The molecule has 1 saturated heterocycles. The van der Waals surface area contributed by atoms with Crippen LogP contribution in [0.4, 0.5) is 0 Å². The second kappa shape index (κ2) is 4.52. The van der Waals surface area contributed by atoms with Gasteiger partial charge in [0.25, 0.3) is 0 Å². The van der Waals surface area contributed by atoms with Crippen molar-refractivity contribution >= 4 is 45.4 Å². The number of fused-ring (bicyclic) bond motifs is 1. The van der Waals surface area contributed by atoms with Crippen LogP contribution in [0.25, 0.3) is 11.0 Å². The summed E-state index contributed by atoms with van der Waals surface area (Å²) in [6, 6.07) is 2.05. The maximum absolute atomic E-state index is 4.28. The minimum absolute atomic E-state index is 0.810. The highest BCUT2D eigenvalue weighted by Crippen LogP contribution is 2.29. The van der Waals surface area contributed by atoms with E-state index in [4.69, 9.17) is 0 Å². The minimum Gasteiger partial charge on any atom is -0.280 e. The van der Waals surface area contributed by atoms with E-state index in [1.807, 2.05) is 12.3 Å². The van der Waals surface area contributed by atoms with Crippen LogP contribution in [0.1, 0.15) is 12.1 Å². The second-order valence-electron chi connectivity index (χ2n) is 4.13. The first-order chi connectivity index (χ1) is 7.84. The number of pyridine rings is 1. The Balaban J connectivity index is 1.97. The van der Waals surface area contributed by atoms with Crippen LogP contribution in [0.3, 0.4) is 0 Å². The number of nitrogens with zero attached hydrogens (tertiary/aromatic N) is 2. The first kappa shape index (κ1) is 10.8. The van der Waals surface area contributed by atoms with Crippen molar-refractivity contribution in [1.82, 2.24) is 15.2 Å². The molecular formula is C11H12IN3S. The van der Waals surface area contributed by atoms with Crippen LogP contribution in [0.2, 0.25) is 0 Å². The lowest BCUT2D eigenvalue weighted by atomic mass is 10.0. The number of halogens is 1. The van der Waals surface area contributed by atoms with Crippen molar-refractivity contribution in [3.8, 4) is 0 Å². The largest absolute Gasteiger partial charge is 0.280 e. The average Bonchev–Trinajstić information content (AvgIpc) is 2.90. The molecule has 1 N–H and O–H groups in total. The predicted molar refractivity (Wildman–Crippen MR) is 75.7 cm³/mol. The Labute approximate surface area is 112 Å². The van der Waals surface area contributed by atoms with E-state index in [9.17, 15) is 0 Å². The van der Waals surface area contributed by atoms with Crippen LogP contribution in [0.5, 0.6) is 0 Å². The highest BCUT2D eigenvalue weighted by atomic mass is 127. The lowest BCUT2D eigenvalue weighted by Crippen LogP contribution is -2.03. The van der Waals surface area contributed by atoms with Gasteiger partial charge in [-0.2, -0.15) is 16.9 Å². The van der Waals surface area contributed by atoms with E-state index in [2.05, 4.69) is 49.5 Å². The summed E-state index contributed by atoms with van der Waals surface area (Å²) in [4.78, 5) is 4.28. The molecule has 3 heterocycles. The van der Waals surface area contributed by atoms with E-state index in [0.717, 1.165) is 18.0 Å². The van der Waals surface area contributed by atoms with Crippen molar-refractivity contribution < 1.29 is 0 Å². The first-order valence-corrected chi connectivity index (χ1v) is 7.63. The molecule has 1 fully saturated rings. The molecule has 1 unspecified atom stereocenters. The maximum atomic E-state index is 4.28. The number of hydrogen-bond donors (Lipinski definition) is 1. The molecule has 0 amide bonds. The summed E-state index contributed by atoms with van der Waals surface area (Å²) in [5.74, 6) is 3.41. The maximum Gasteiger partial charge on any atom is 0.182 e. The van der Waals surface area contributed by atoms with E-state index < -0.39 is 0 Å². The van der Waals surface area contributed by atoms with E-state index >= 15 is 0 Å². The van der Waals surface area contributed by atoms with Gasteiger partial charge in [-0.1, -0.05) is 0 Å². The summed E-state index contributed by atoms with van der Waals surface area (Å²) in [6.07, 6.45) is 4.27. The number of H-pyrrole nitrogens is 1. The van der Waals surface area contributed by atoms with Crippen LogP contribution in [0, 0.1) is 9.49 Å². The number of hydrogen-bond acceptors (Lipinski definition) is 3. The SMILES string of the molecule is Ic1ccnc2n[nH]c(CC3CCSC3)c12. The van der Waals surface area contributed by atoms with E-state index in [0.29, 0.717) is 0 Å². The molecule has 0 bridgehead atoms. The van der Waals surface area contributed by atoms with Crippen LogP contribution < -0.4 is 0 Å². The molecule has 2 aromatic rings. The molecule has 0 spiro atoms. The van der Waals surface area contributed by atoms with Gasteiger partial charge in [0.1, 0.15) is 0 Å². The van der Waals surface area contributed by atoms with E-state index in [1.54, 1.807) is 0 Å². The van der Waals surface area contributed by atoms with Crippen molar-refractivity contribution in [2.24, 2.45) is 5.92 Å². The van der Waals surface area contributed by atoms with Gasteiger partial charge >= 0.3 is 0 Å². The lowest BCUT2D eigenvalue weighted by Gasteiger charge is -2.06. The highest BCUT2D eigenvalue weighted by Gasteiger charge is 2.19. The van der Waals surface area contributed by atoms with Gasteiger partial charge in [-0.3, -0.25) is 5.10 Å². The molecule has 0 saturated carbocycles. The molecule has 3 nitrogen and oxygen atoms in total. The van der Waals surface area contributed by atoms with Gasteiger partial charge in [-0.05, 0) is 58.9 Å².